The molecule has 0 aliphatic carbocycles. The van der Waals surface area contributed by atoms with Crippen LogP contribution in [0, 0.1) is 0 Å². The van der Waals surface area contributed by atoms with E-state index in [1.165, 1.54) is 0 Å². The molecule has 1 rings (SSSR count). The molecule has 11 heavy (non-hydrogen) atoms. The van der Waals surface area contributed by atoms with Gasteiger partial charge in [0.1, 0.15) is 0 Å². The molecule has 2 nitrogen and oxygen atoms in total. The summed E-state index contributed by atoms with van der Waals surface area (Å²) in [5.74, 6) is 0.674. The van der Waals surface area contributed by atoms with E-state index in [2.05, 4.69) is 31.9 Å². The first-order chi connectivity index (χ1) is 5.15. The van der Waals surface area contributed by atoms with E-state index >= 15 is 0 Å². The van der Waals surface area contributed by atoms with Gasteiger partial charge in [0.15, 0.2) is 5.75 Å². The summed E-state index contributed by atoms with van der Waals surface area (Å²) >= 11 is 6.63. The van der Waals surface area contributed by atoms with Gasteiger partial charge in [-0.2, -0.15) is 0 Å². The normalized spacial score (nSPS) is 9.73. The molecule has 0 atom stereocenters. The number of benzene rings is 1. The van der Waals surface area contributed by atoms with Crippen LogP contribution in [-0.2, 0) is 0 Å². The molecular formula is C7H7Br2NO. The van der Waals surface area contributed by atoms with Crippen LogP contribution in [0.25, 0.3) is 0 Å². The fraction of sp³-hybridized carbons (Fsp3) is 0.143. The van der Waals surface area contributed by atoms with Crippen LogP contribution >= 0.6 is 31.9 Å². The topological polar surface area (TPSA) is 35.2 Å². The minimum Gasteiger partial charge on any atom is -0.493 e. The predicted octanol–water partition coefficient (Wildman–Crippen LogP) is 2.80. The summed E-state index contributed by atoms with van der Waals surface area (Å²) in [4.78, 5) is 0. The number of methoxy groups -OCH3 is 1. The molecule has 2 N–H and O–H groups in total. The molecule has 0 aliphatic rings. The number of halogens is 2. The monoisotopic (exact) mass is 279 g/mol. The maximum Gasteiger partial charge on any atom is 0.155 e. The number of hydrogen-bond donors (Lipinski definition) is 1. The average Bonchev–Trinajstić information content (AvgIpc) is 1.85. The first kappa shape index (κ1) is 8.87. The summed E-state index contributed by atoms with van der Waals surface area (Å²) in [6.07, 6.45) is 0. The predicted molar refractivity (Wildman–Crippen MR) is 52.8 cm³/mol. The second-order valence-corrected chi connectivity index (χ2v) is 3.78. The highest BCUT2D eigenvalue weighted by Crippen LogP contribution is 2.34. The van der Waals surface area contributed by atoms with Crippen molar-refractivity contribution in [3.63, 3.8) is 0 Å². The number of nitrogen functional groups attached to an aromatic ring is 1. The Labute approximate surface area is 82.0 Å². The minimum atomic E-state index is 0.619. The van der Waals surface area contributed by atoms with Crippen molar-refractivity contribution in [2.24, 2.45) is 0 Å². The van der Waals surface area contributed by atoms with Crippen molar-refractivity contribution in [3.05, 3.63) is 21.1 Å². The molecule has 0 fully saturated rings. The third-order valence-electron chi connectivity index (χ3n) is 1.24. The molecule has 0 amide bonds. The SMILES string of the molecule is COc1c(N)cc(Br)cc1Br. The number of nitrogens with two attached hydrogens (primary N) is 1. The van der Waals surface area contributed by atoms with Crippen LogP contribution in [0.1, 0.15) is 0 Å². The van der Waals surface area contributed by atoms with Crippen LogP contribution in [0.15, 0.2) is 21.1 Å². The van der Waals surface area contributed by atoms with Gasteiger partial charge in [-0.3, -0.25) is 0 Å². The van der Waals surface area contributed by atoms with Crippen LogP contribution in [0.4, 0.5) is 5.69 Å². The number of ether oxygens (including phenoxy) is 1. The Bertz CT molecular complexity index is 252. The van der Waals surface area contributed by atoms with Gasteiger partial charge in [0.25, 0.3) is 0 Å². The van der Waals surface area contributed by atoms with Gasteiger partial charge in [0, 0.05) is 4.47 Å². The lowest BCUT2D eigenvalue weighted by Crippen LogP contribution is -1.92. The second kappa shape index (κ2) is 3.45. The molecule has 0 aliphatic heterocycles. The maximum atomic E-state index is 5.65. The van der Waals surface area contributed by atoms with Gasteiger partial charge in [0.05, 0.1) is 17.3 Å². The highest BCUT2D eigenvalue weighted by molar-refractivity contribution is 9.11. The van der Waals surface area contributed by atoms with Gasteiger partial charge < -0.3 is 10.5 Å². The molecule has 0 spiro atoms. The van der Waals surface area contributed by atoms with Crippen molar-refractivity contribution in [3.8, 4) is 5.75 Å². The summed E-state index contributed by atoms with van der Waals surface area (Å²) in [6, 6.07) is 3.68. The molecule has 0 radical (unpaired) electrons. The van der Waals surface area contributed by atoms with Gasteiger partial charge in [-0.25, -0.2) is 0 Å². The van der Waals surface area contributed by atoms with Crippen molar-refractivity contribution >= 4 is 37.5 Å². The standard InChI is InChI=1S/C7H7Br2NO/c1-11-7-5(9)2-4(8)3-6(7)10/h2-3H,10H2,1H3. The van der Waals surface area contributed by atoms with Crippen molar-refractivity contribution in [1.29, 1.82) is 0 Å². The Morgan fingerprint density at radius 2 is 2.00 bits per heavy atom. The van der Waals surface area contributed by atoms with Crippen LogP contribution < -0.4 is 10.5 Å². The van der Waals surface area contributed by atoms with E-state index in [0.29, 0.717) is 11.4 Å². The first-order valence-electron chi connectivity index (χ1n) is 2.93. The molecule has 0 saturated heterocycles. The molecule has 4 heteroatoms. The Kier molecular flexibility index (Phi) is 2.78. The quantitative estimate of drug-likeness (QED) is 0.803. The molecule has 0 unspecified atom stereocenters. The highest BCUT2D eigenvalue weighted by atomic mass is 79.9. The Morgan fingerprint density at radius 1 is 1.36 bits per heavy atom. The van der Waals surface area contributed by atoms with Gasteiger partial charge in [0.2, 0.25) is 0 Å². The van der Waals surface area contributed by atoms with E-state index in [1.54, 1.807) is 13.2 Å². The minimum absolute atomic E-state index is 0.619. The molecule has 0 heterocycles. The fourth-order valence-electron chi connectivity index (χ4n) is 0.796. The maximum absolute atomic E-state index is 5.65. The van der Waals surface area contributed by atoms with Crippen molar-refractivity contribution in [2.45, 2.75) is 0 Å². The molecule has 0 bridgehead atoms. The van der Waals surface area contributed by atoms with Gasteiger partial charge in [-0.15, -0.1) is 0 Å². The van der Waals surface area contributed by atoms with E-state index < -0.39 is 0 Å². The van der Waals surface area contributed by atoms with E-state index in [-0.39, 0.29) is 0 Å². The Morgan fingerprint density at radius 3 is 2.45 bits per heavy atom. The summed E-state index contributed by atoms with van der Waals surface area (Å²) in [5, 5.41) is 0. The molecule has 1 aromatic rings. The lowest BCUT2D eigenvalue weighted by molar-refractivity contribution is 0.414. The van der Waals surface area contributed by atoms with Crippen LogP contribution in [0.2, 0.25) is 0 Å². The zero-order valence-corrected chi connectivity index (χ0v) is 9.07. The Balaban J connectivity index is 3.25. The number of rotatable bonds is 1. The molecular weight excluding hydrogens is 274 g/mol. The molecule has 60 valence electrons. The number of anilines is 1. The Hall–Kier alpha value is -0.220. The lowest BCUT2D eigenvalue weighted by Gasteiger charge is -2.06. The zero-order valence-electron chi connectivity index (χ0n) is 5.90. The average molecular weight is 281 g/mol. The molecule has 0 saturated carbocycles. The van der Waals surface area contributed by atoms with E-state index in [0.717, 1.165) is 8.95 Å². The smallest absolute Gasteiger partial charge is 0.155 e. The largest absolute Gasteiger partial charge is 0.493 e. The number of hydrogen-bond acceptors (Lipinski definition) is 2. The molecule has 0 aromatic heterocycles. The third kappa shape index (κ3) is 1.87. The van der Waals surface area contributed by atoms with E-state index in [1.807, 2.05) is 6.07 Å². The van der Waals surface area contributed by atoms with Crippen molar-refractivity contribution in [2.75, 3.05) is 12.8 Å². The van der Waals surface area contributed by atoms with E-state index in [9.17, 15) is 0 Å². The van der Waals surface area contributed by atoms with Crippen LogP contribution in [0.3, 0.4) is 0 Å². The van der Waals surface area contributed by atoms with Gasteiger partial charge in [-0.05, 0) is 28.1 Å². The second-order valence-electron chi connectivity index (χ2n) is 2.01. The molecule has 1 aromatic carbocycles. The van der Waals surface area contributed by atoms with Gasteiger partial charge in [-0.1, -0.05) is 15.9 Å². The summed E-state index contributed by atoms with van der Waals surface area (Å²) in [6.45, 7) is 0. The highest BCUT2D eigenvalue weighted by Gasteiger charge is 2.04. The van der Waals surface area contributed by atoms with Crippen molar-refractivity contribution < 1.29 is 4.74 Å². The fourth-order valence-corrected chi connectivity index (χ4v) is 2.22. The third-order valence-corrected chi connectivity index (χ3v) is 2.29. The van der Waals surface area contributed by atoms with E-state index in [4.69, 9.17) is 10.5 Å². The summed E-state index contributed by atoms with van der Waals surface area (Å²) in [7, 11) is 1.59. The summed E-state index contributed by atoms with van der Waals surface area (Å²) < 4.78 is 6.82. The lowest BCUT2D eigenvalue weighted by atomic mass is 10.3. The zero-order chi connectivity index (χ0) is 8.43. The van der Waals surface area contributed by atoms with Gasteiger partial charge >= 0.3 is 0 Å². The van der Waals surface area contributed by atoms with Crippen molar-refractivity contribution in [1.82, 2.24) is 0 Å². The summed E-state index contributed by atoms with van der Waals surface area (Å²) in [5.41, 5.74) is 6.27. The van der Waals surface area contributed by atoms with Crippen LogP contribution in [-0.4, -0.2) is 7.11 Å². The first-order valence-corrected chi connectivity index (χ1v) is 4.52. The van der Waals surface area contributed by atoms with Crippen LogP contribution in [0.5, 0.6) is 5.75 Å².